The summed E-state index contributed by atoms with van der Waals surface area (Å²) in [5.41, 5.74) is 1.59. The summed E-state index contributed by atoms with van der Waals surface area (Å²) in [7, 11) is 0. The number of fused-ring (bicyclic) bond motifs is 2. The Morgan fingerprint density at radius 1 is 1.09 bits per heavy atom. The van der Waals surface area contributed by atoms with Crippen LogP contribution in [-0.2, 0) is 9.53 Å². The Hall–Kier alpha value is -0.790. The lowest BCUT2D eigenvalue weighted by Gasteiger charge is -2.38. The van der Waals surface area contributed by atoms with Crippen molar-refractivity contribution in [2.75, 3.05) is 0 Å². The summed E-state index contributed by atoms with van der Waals surface area (Å²) in [6.45, 7) is 9.23. The van der Waals surface area contributed by atoms with Gasteiger partial charge in [0.25, 0.3) is 0 Å². The average Bonchev–Trinajstić information content (AvgIpc) is 2.81. The molecule has 0 N–H and O–H groups in total. The maximum Gasteiger partial charge on any atom is 0.333 e. The second-order valence-electron chi connectivity index (χ2n) is 8.73. The van der Waals surface area contributed by atoms with Crippen LogP contribution in [0.4, 0.5) is 0 Å². The summed E-state index contributed by atoms with van der Waals surface area (Å²) in [5.74, 6) is 1.29. The maximum atomic E-state index is 12.4. The first-order chi connectivity index (χ1) is 10.3. The Kier molecular flexibility index (Phi) is 4.16. The van der Waals surface area contributed by atoms with Crippen molar-refractivity contribution in [3.63, 3.8) is 0 Å². The van der Waals surface area contributed by atoms with E-state index >= 15 is 0 Å². The second-order valence-corrected chi connectivity index (χ2v) is 8.73. The van der Waals surface area contributed by atoms with Crippen LogP contribution in [0.2, 0.25) is 0 Å². The van der Waals surface area contributed by atoms with Gasteiger partial charge in [0, 0.05) is 5.57 Å². The van der Waals surface area contributed by atoms with Crippen molar-refractivity contribution >= 4 is 5.97 Å². The fourth-order valence-corrected chi connectivity index (χ4v) is 5.31. The lowest BCUT2D eigenvalue weighted by atomic mass is 9.66. The predicted octanol–water partition coefficient (Wildman–Crippen LogP) is 5.27. The molecule has 3 aliphatic carbocycles. The van der Waals surface area contributed by atoms with Crippen LogP contribution in [0.15, 0.2) is 11.6 Å². The number of rotatable bonds is 3. The lowest BCUT2D eigenvalue weighted by Crippen LogP contribution is -2.32. The zero-order valence-electron chi connectivity index (χ0n) is 14.8. The molecule has 0 aliphatic heterocycles. The molecule has 0 radical (unpaired) electrons. The van der Waals surface area contributed by atoms with Crippen molar-refractivity contribution < 1.29 is 9.53 Å². The van der Waals surface area contributed by atoms with E-state index in [0.717, 1.165) is 24.3 Å². The van der Waals surface area contributed by atoms with Crippen LogP contribution in [0.1, 0.15) is 79.1 Å². The standard InChI is InChI=1S/C20H32O2/c1-14(18(21)22-17-8-6-5-7-9-17)12-16-13-15-10-11-20(16,4)19(15,2)3/h12,15-17H,5-11,13H2,1-4H3. The zero-order chi connectivity index (χ0) is 16.0. The quantitative estimate of drug-likeness (QED) is 0.524. The Labute approximate surface area is 135 Å². The maximum absolute atomic E-state index is 12.4. The Bertz CT molecular complexity index is 470. The molecule has 0 amide bonds. The molecule has 124 valence electrons. The van der Waals surface area contributed by atoms with Gasteiger partial charge in [-0.15, -0.1) is 0 Å². The van der Waals surface area contributed by atoms with Crippen LogP contribution in [0.3, 0.4) is 0 Å². The molecule has 3 rings (SSSR count). The van der Waals surface area contributed by atoms with E-state index in [-0.39, 0.29) is 12.1 Å². The van der Waals surface area contributed by atoms with Gasteiger partial charge in [-0.3, -0.25) is 0 Å². The molecule has 2 nitrogen and oxygen atoms in total. The van der Waals surface area contributed by atoms with E-state index in [9.17, 15) is 4.79 Å². The highest BCUT2D eigenvalue weighted by atomic mass is 16.5. The topological polar surface area (TPSA) is 26.3 Å². The van der Waals surface area contributed by atoms with Crippen molar-refractivity contribution in [2.45, 2.75) is 85.2 Å². The highest BCUT2D eigenvalue weighted by molar-refractivity contribution is 5.87. The van der Waals surface area contributed by atoms with Crippen molar-refractivity contribution in [3.8, 4) is 0 Å². The van der Waals surface area contributed by atoms with Gasteiger partial charge in [-0.25, -0.2) is 4.79 Å². The lowest BCUT2D eigenvalue weighted by molar-refractivity contribution is -0.145. The van der Waals surface area contributed by atoms with Gasteiger partial charge < -0.3 is 4.74 Å². The Morgan fingerprint density at radius 3 is 2.32 bits per heavy atom. The molecule has 3 unspecified atom stereocenters. The fourth-order valence-electron chi connectivity index (χ4n) is 5.31. The van der Waals surface area contributed by atoms with Crippen LogP contribution in [0.25, 0.3) is 0 Å². The molecule has 3 aliphatic rings. The number of allylic oxidation sites excluding steroid dienone is 1. The first kappa shape index (κ1) is 16.1. The molecule has 0 spiro atoms. The molecule has 3 saturated carbocycles. The normalized spacial score (nSPS) is 38.3. The van der Waals surface area contributed by atoms with Crippen LogP contribution < -0.4 is 0 Å². The SMILES string of the molecule is CC(=CC1CC2CCC1(C)C2(C)C)C(=O)OC1CCCCC1. The number of carbonyl (C=O) groups excluding carboxylic acids is 1. The molecule has 0 heterocycles. The van der Waals surface area contributed by atoms with Crippen LogP contribution in [0.5, 0.6) is 0 Å². The summed E-state index contributed by atoms with van der Waals surface area (Å²) in [5, 5.41) is 0. The molecule has 2 bridgehead atoms. The van der Waals surface area contributed by atoms with E-state index < -0.39 is 0 Å². The zero-order valence-corrected chi connectivity index (χ0v) is 14.8. The first-order valence-electron chi connectivity index (χ1n) is 9.24. The molecule has 0 aromatic rings. The number of carbonyl (C=O) groups is 1. The number of hydrogen-bond acceptors (Lipinski definition) is 2. The van der Waals surface area contributed by atoms with E-state index in [4.69, 9.17) is 4.74 Å². The van der Waals surface area contributed by atoms with E-state index in [1.807, 2.05) is 6.92 Å². The summed E-state index contributed by atoms with van der Waals surface area (Å²) < 4.78 is 5.72. The molecular formula is C20H32O2. The van der Waals surface area contributed by atoms with Gasteiger partial charge in [-0.05, 0) is 74.5 Å². The third-order valence-electron chi connectivity index (χ3n) is 7.46. The molecule has 3 atom stereocenters. The van der Waals surface area contributed by atoms with Crippen molar-refractivity contribution in [1.29, 1.82) is 0 Å². The monoisotopic (exact) mass is 304 g/mol. The summed E-state index contributed by atoms with van der Waals surface area (Å²) >= 11 is 0. The van der Waals surface area contributed by atoms with Gasteiger partial charge in [0.05, 0.1) is 0 Å². The number of ether oxygens (including phenoxy) is 1. The van der Waals surface area contributed by atoms with Gasteiger partial charge in [0.2, 0.25) is 0 Å². The minimum absolute atomic E-state index is 0.0731. The molecule has 2 heteroatoms. The van der Waals surface area contributed by atoms with Gasteiger partial charge >= 0.3 is 5.97 Å². The van der Waals surface area contributed by atoms with Gasteiger partial charge in [0.15, 0.2) is 0 Å². The average molecular weight is 304 g/mol. The second kappa shape index (κ2) is 5.69. The van der Waals surface area contributed by atoms with Crippen LogP contribution >= 0.6 is 0 Å². The fraction of sp³-hybridized carbons (Fsp3) is 0.850. The molecule has 0 aromatic carbocycles. The third kappa shape index (κ3) is 2.53. The van der Waals surface area contributed by atoms with E-state index in [1.54, 1.807) is 0 Å². The largest absolute Gasteiger partial charge is 0.459 e. The Morgan fingerprint density at radius 2 is 1.77 bits per heavy atom. The summed E-state index contributed by atoms with van der Waals surface area (Å²) in [4.78, 5) is 12.4. The van der Waals surface area contributed by atoms with E-state index in [2.05, 4.69) is 26.8 Å². The molecule has 22 heavy (non-hydrogen) atoms. The Balaban J connectivity index is 1.66. The van der Waals surface area contributed by atoms with Gasteiger partial charge in [-0.2, -0.15) is 0 Å². The number of hydrogen-bond donors (Lipinski definition) is 0. The molecule has 0 aromatic heterocycles. The summed E-state index contributed by atoms with van der Waals surface area (Å²) in [6.07, 6.45) is 12.1. The van der Waals surface area contributed by atoms with E-state index in [1.165, 1.54) is 38.5 Å². The molecule has 3 fully saturated rings. The molecular weight excluding hydrogens is 272 g/mol. The predicted molar refractivity (Wildman–Crippen MR) is 89.4 cm³/mol. The minimum Gasteiger partial charge on any atom is -0.459 e. The van der Waals surface area contributed by atoms with Gasteiger partial charge in [0.1, 0.15) is 6.10 Å². The van der Waals surface area contributed by atoms with E-state index in [0.29, 0.717) is 16.7 Å². The van der Waals surface area contributed by atoms with Crippen molar-refractivity contribution in [1.82, 2.24) is 0 Å². The summed E-state index contributed by atoms with van der Waals surface area (Å²) in [6, 6.07) is 0. The number of esters is 1. The van der Waals surface area contributed by atoms with Crippen molar-refractivity contribution in [2.24, 2.45) is 22.7 Å². The van der Waals surface area contributed by atoms with Gasteiger partial charge in [-0.1, -0.05) is 33.3 Å². The van der Waals surface area contributed by atoms with Crippen molar-refractivity contribution in [3.05, 3.63) is 11.6 Å². The van der Waals surface area contributed by atoms with Crippen LogP contribution in [-0.4, -0.2) is 12.1 Å². The molecule has 0 saturated heterocycles. The highest BCUT2D eigenvalue weighted by Gasteiger charge is 2.60. The minimum atomic E-state index is -0.0731. The first-order valence-corrected chi connectivity index (χ1v) is 9.24. The third-order valence-corrected chi connectivity index (χ3v) is 7.46. The highest BCUT2D eigenvalue weighted by Crippen LogP contribution is 2.68. The van der Waals surface area contributed by atoms with Crippen LogP contribution in [0, 0.1) is 22.7 Å². The smallest absolute Gasteiger partial charge is 0.333 e.